The van der Waals surface area contributed by atoms with Gasteiger partial charge >= 0.3 is 39.5 Å². The van der Waals surface area contributed by atoms with Gasteiger partial charge in [-0.3, -0.25) is 37.3 Å². The van der Waals surface area contributed by atoms with Gasteiger partial charge in [-0.15, -0.1) is 0 Å². The third-order valence-corrected chi connectivity index (χ3v) is 23.0. The third-order valence-electron chi connectivity index (χ3n) is 21.1. The van der Waals surface area contributed by atoms with Crippen molar-refractivity contribution in [1.82, 2.24) is 0 Å². The summed E-state index contributed by atoms with van der Waals surface area (Å²) in [7, 11) is -9.93. The molecule has 636 valence electrons. The molecule has 0 bridgehead atoms. The molecule has 0 rings (SSSR count). The monoisotopic (exact) mass is 1560 g/mol. The van der Waals surface area contributed by atoms with E-state index in [1.165, 1.54) is 289 Å². The summed E-state index contributed by atoms with van der Waals surface area (Å²) < 4.78 is 69.0. The van der Waals surface area contributed by atoms with Gasteiger partial charge in [-0.25, -0.2) is 9.13 Å². The Kier molecular flexibility index (Phi) is 77.9. The molecule has 0 spiro atoms. The number of phosphoric ester groups is 2. The zero-order valence-electron chi connectivity index (χ0n) is 70.5. The smallest absolute Gasteiger partial charge is 0.462 e. The van der Waals surface area contributed by atoms with E-state index in [0.717, 1.165) is 102 Å². The predicted molar refractivity (Wildman–Crippen MR) is 442 cm³/mol. The molecule has 6 atom stereocenters. The van der Waals surface area contributed by atoms with Crippen LogP contribution in [0.15, 0.2) is 0 Å². The average Bonchev–Trinajstić information content (AvgIpc) is 0.899. The van der Waals surface area contributed by atoms with Gasteiger partial charge in [0.2, 0.25) is 0 Å². The molecule has 3 unspecified atom stereocenters. The van der Waals surface area contributed by atoms with Gasteiger partial charge in [0.25, 0.3) is 0 Å². The van der Waals surface area contributed by atoms with Gasteiger partial charge in [0.15, 0.2) is 12.2 Å². The summed E-state index contributed by atoms with van der Waals surface area (Å²) in [5, 5.41) is 10.7. The van der Waals surface area contributed by atoms with Gasteiger partial charge in [-0.2, -0.15) is 0 Å². The highest BCUT2D eigenvalue weighted by Crippen LogP contribution is 2.45. The highest BCUT2D eigenvalue weighted by Gasteiger charge is 2.31. The summed E-state index contributed by atoms with van der Waals surface area (Å²) in [5.41, 5.74) is 0. The maximum Gasteiger partial charge on any atom is 0.472 e. The number of carbonyl (C=O) groups excluding carboxylic acids is 4. The van der Waals surface area contributed by atoms with Gasteiger partial charge in [0, 0.05) is 25.7 Å². The first-order valence-corrected chi connectivity index (χ1v) is 48.5. The fourth-order valence-corrected chi connectivity index (χ4v) is 15.3. The van der Waals surface area contributed by atoms with E-state index in [1.807, 2.05) is 0 Å². The van der Waals surface area contributed by atoms with Gasteiger partial charge in [0.05, 0.1) is 26.4 Å². The molecule has 19 heteroatoms. The summed E-state index contributed by atoms with van der Waals surface area (Å²) in [6, 6.07) is 0. The molecule has 3 N–H and O–H groups in total. The van der Waals surface area contributed by atoms with Crippen LogP contribution in [-0.4, -0.2) is 96.7 Å². The molecule has 0 aromatic rings. The Bertz CT molecular complexity index is 2050. The van der Waals surface area contributed by atoms with Crippen molar-refractivity contribution >= 4 is 39.5 Å². The van der Waals surface area contributed by atoms with Crippen LogP contribution < -0.4 is 0 Å². The predicted octanol–water partition coefficient (Wildman–Crippen LogP) is 27.0. The van der Waals surface area contributed by atoms with Gasteiger partial charge in [-0.05, 0) is 37.5 Å². The minimum absolute atomic E-state index is 0.108. The van der Waals surface area contributed by atoms with Crippen molar-refractivity contribution in [3.05, 3.63) is 0 Å². The molecule has 0 aliphatic heterocycles. The molecule has 0 aliphatic rings. The highest BCUT2D eigenvalue weighted by atomic mass is 31.2. The summed E-state index contributed by atoms with van der Waals surface area (Å²) >= 11 is 0. The first kappa shape index (κ1) is 105. The van der Waals surface area contributed by atoms with Gasteiger partial charge in [-0.1, -0.05) is 420 Å². The molecule has 0 fully saturated rings. The molecule has 0 heterocycles. The number of aliphatic hydroxyl groups is 1. The van der Waals surface area contributed by atoms with Crippen molar-refractivity contribution in [2.75, 3.05) is 39.6 Å². The van der Waals surface area contributed by atoms with Gasteiger partial charge < -0.3 is 33.8 Å². The fraction of sp³-hybridized carbons (Fsp3) is 0.955. The fourth-order valence-electron chi connectivity index (χ4n) is 13.7. The van der Waals surface area contributed by atoms with E-state index in [-0.39, 0.29) is 25.7 Å². The second-order valence-corrected chi connectivity index (χ2v) is 35.3. The molecular weight excluding hydrogens is 1390 g/mol. The van der Waals surface area contributed by atoms with Crippen LogP contribution in [0.3, 0.4) is 0 Å². The molecule has 0 saturated heterocycles. The average molecular weight is 1560 g/mol. The van der Waals surface area contributed by atoms with E-state index >= 15 is 0 Å². The van der Waals surface area contributed by atoms with Crippen LogP contribution in [0.4, 0.5) is 0 Å². The topological polar surface area (TPSA) is 237 Å². The number of aliphatic hydroxyl groups excluding tert-OH is 1. The lowest BCUT2D eigenvalue weighted by molar-refractivity contribution is -0.161. The molecule has 0 amide bonds. The number of rotatable bonds is 87. The minimum Gasteiger partial charge on any atom is -0.462 e. The molecule has 0 aromatic carbocycles. The van der Waals surface area contributed by atoms with Crippen LogP contribution in [0.5, 0.6) is 0 Å². The lowest BCUT2D eigenvalue weighted by Crippen LogP contribution is -2.30. The number of unbranched alkanes of at least 4 members (excludes halogenated alkanes) is 56. The first-order chi connectivity index (χ1) is 51.9. The Hall–Kier alpha value is -1.94. The van der Waals surface area contributed by atoms with Gasteiger partial charge in [0.1, 0.15) is 19.3 Å². The van der Waals surface area contributed by atoms with E-state index in [1.54, 1.807) is 0 Å². The van der Waals surface area contributed by atoms with Crippen LogP contribution >= 0.6 is 15.6 Å². The van der Waals surface area contributed by atoms with Crippen molar-refractivity contribution in [2.24, 2.45) is 11.8 Å². The van der Waals surface area contributed by atoms with Crippen molar-refractivity contribution in [3.8, 4) is 0 Å². The molecule has 0 aromatic heterocycles. The Balaban J connectivity index is 5.26. The molecule has 107 heavy (non-hydrogen) atoms. The number of carbonyl (C=O) groups is 4. The van der Waals surface area contributed by atoms with E-state index < -0.39 is 97.5 Å². The Morgan fingerprint density at radius 3 is 0.710 bits per heavy atom. The third kappa shape index (κ3) is 80.5. The van der Waals surface area contributed by atoms with Crippen LogP contribution in [-0.2, 0) is 65.4 Å². The summed E-state index contributed by atoms with van der Waals surface area (Å²) in [6.45, 7) is 9.72. The molecule has 17 nitrogen and oxygen atoms in total. The molecule has 0 saturated carbocycles. The quantitative estimate of drug-likeness (QED) is 0.0222. The highest BCUT2D eigenvalue weighted by molar-refractivity contribution is 7.47. The summed E-state index contributed by atoms with van der Waals surface area (Å²) in [6.07, 6.45) is 72.1. The summed E-state index contributed by atoms with van der Waals surface area (Å²) in [5.74, 6) is -0.515. The van der Waals surface area contributed by atoms with Crippen LogP contribution in [0.1, 0.15) is 472 Å². The van der Waals surface area contributed by atoms with E-state index in [4.69, 9.17) is 37.0 Å². The lowest BCUT2D eigenvalue weighted by atomic mass is 9.99. The van der Waals surface area contributed by atoms with Crippen molar-refractivity contribution < 1.29 is 80.2 Å². The largest absolute Gasteiger partial charge is 0.472 e. The number of hydrogen-bond donors (Lipinski definition) is 3. The zero-order chi connectivity index (χ0) is 78.5. The lowest BCUT2D eigenvalue weighted by Gasteiger charge is -2.21. The van der Waals surface area contributed by atoms with E-state index in [0.29, 0.717) is 25.7 Å². The number of ether oxygens (including phenoxy) is 4. The Morgan fingerprint density at radius 1 is 0.271 bits per heavy atom. The Morgan fingerprint density at radius 2 is 0.477 bits per heavy atom. The number of hydrogen-bond acceptors (Lipinski definition) is 15. The van der Waals surface area contributed by atoms with E-state index in [9.17, 15) is 43.2 Å². The first-order valence-electron chi connectivity index (χ1n) is 45.5. The van der Waals surface area contributed by atoms with E-state index in [2.05, 4.69) is 41.5 Å². The molecule has 0 radical (unpaired) electrons. The Labute approximate surface area is 658 Å². The second kappa shape index (κ2) is 79.3. The maximum absolute atomic E-state index is 13.2. The number of phosphoric acid groups is 2. The maximum atomic E-state index is 13.2. The standard InChI is InChI=1S/C88H172O17P2/c1-7-10-12-14-16-18-20-22-24-26-27-28-30-34-39-43-47-55-61-67-72-87(92)104-83(76-98-85(90)70-64-58-52-45-41-37-35-31-32-36-40-44-50-56-62-68-80(4)5)78-102-106(94,95)100-74-82(89)75-101-107(96,97)103-79-84(77-99-86(91)71-65-59-53-49-48-51-57-63-69-81(6)9-3)105-88(93)73-66-60-54-46-42-38-33-29-25-23-21-19-17-15-13-11-8-2/h80-84,89H,7-79H2,1-6H3,(H,94,95)(H,96,97)/t81?,82-,83-,84-/m1/s1. The van der Waals surface area contributed by atoms with Crippen molar-refractivity contribution in [3.63, 3.8) is 0 Å². The summed E-state index contributed by atoms with van der Waals surface area (Å²) in [4.78, 5) is 73.3. The molecular formula is C88H172O17P2. The zero-order valence-corrected chi connectivity index (χ0v) is 72.2. The minimum atomic E-state index is -4.97. The van der Waals surface area contributed by atoms with Crippen LogP contribution in [0.25, 0.3) is 0 Å². The van der Waals surface area contributed by atoms with Crippen LogP contribution in [0, 0.1) is 11.8 Å². The van der Waals surface area contributed by atoms with Crippen molar-refractivity contribution in [1.29, 1.82) is 0 Å². The van der Waals surface area contributed by atoms with Crippen molar-refractivity contribution in [2.45, 2.75) is 490 Å². The second-order valence-electron chi connectivity index (χ2n) is 32.4. The normalized spacial score (nSPS) is 14.0. The number of esters is 4. The molecule has 0 aliphatic carbocycles. The van der Waals surface area contributed by atoms with Crippen LogP contribution in [0.2, 0.25) is 0 Å². The SMILES string of the molecule is CCCCCCCCCCCCCCCCCCCCCCC(=O)O[C@H](COC(=O)CCCCCCCCCCCCCCCCCC(C)C)COP(=O)(O)OC[C@@H](O)COP(=O)(O)OC[C@@H](COC(=O)CCCCCCCCCCC(C)CC)OC(=O)CCCCCCCCCCCCCCCCCCC.